The Kier molecular flexibility index (Phi) is 4.84. The third-order valence-electron chi connectivity index (χ3n) is 3.17. The number of aromatic nitrogens is 4. The first-order chi connectivity index (χ1) is 10.3. The van der Waals surface area contributed by atoms with E-state index in [9.17, 15) is 13.2 Å². The van der Waals surface area contributed by atoms with Crippen LogP contribution in [-0.2, 0) is 30.7 Å². The first-order valence-corrected chi connectivity index (χ1v) is 6.70. The van der Waals surface area contributed by atoms with E-state index in [1.807, 2.05) is 0 Å². The zero-order valence-corrected chi connectivity index (χ0v) is 12.6. The summed E-state index contributed by atoms with van der Waals surface area (Å²) in [6, 6.07) is 0. The van der Waals surface area contributed by atoms with Gasteiger partial charge in [-0.2, -0.15) is 18.3 Å². The van der Waals surface area contributed by atoms with Gasteiger partial charge in [-0.3, -0.25) is 0 Å². The number of rotatable bonds is 6. The lowest BCUT2D eigenvalue weighted by Gasteiger charge is -2.08. The van der Waals surface area contributed by atoms with Gasteiger partial charge >= 0.3 is 6.18 Å². The molecule has 0 amide bonds. The Morgan fingerprint density at radius 3 is 2.50 bits per heavy atom. The highest BCUT2D eigenvalue weighted by Gasteiger charge is 2.30. The largest absolute Gasteiger partial charge is 0.408 e. The molecule has 0 unspecified atom stereocenters. The highest BCUT2D eigenvalue weighted by atomic mass is 19.4. The molecule has 0 bridgehead atoms. The second kappa shape index (κ2) is 6.47. The lowest BCUT2D eigenvalue weighted by Crippen LogP contribution is -2.21. The Labute approximate surface area is 125 Å². The van der Waals surface area contributed by atoms with E-state index in [0.717, 1.165) is 15.9 Å². The van der Waals surface area contributed by atoms with E-state index in [2.05, 4.69) is 15.2 Å². The van der Waals surface area contributed by atoms with E-state index in [-0.39, 0.29) is 18.3 Å². The van der Waals surface area contributed by atoms with E-state index in [4.69, 9.17) is 9.26 Å². The lowest BCUT2D eigenvalue weighted by atomic mass is 10.1. The number of hydrogen-bond donors (Lipinski definition) is 0. The van der Waals surface area contributed by atoms with Crippen molar-refractivity contribution in [2.24, 2.45) is 0 Å². The van der Waals surface area contributed by atoms with Gasteiger partial charge in [0.05, 0.1) is 5.69 Å². The number of alkyl halides is 3. The van der Waals surface area contributed by atoms with Gasteiger partial charge < -0.3 is 9.26 Å². The Morgan fingerprint density at radius 1 is 1.23 bits per heavy atom. The van der Waals surface area contributed by atoms with Crippen LogP contribution < -0.4 is 0 Å². The van der Waals surface area contributed by atoms with Crippen LogP contribution >= 0.6 is 0 Å². The number of ether oxygens (including phenoxy) is 1. The van der Waals surface area contributed by atoms with E-state index in [0.29, 0.717) is 18.6 Å². The molecular weight excluding hydrogens is 301 g/mol. The molecule has 2 aromatic rings. The molecule has 6 nitrogen and oxygen atoms in total. The summed E-state index contributed by atoms with van der Waals surface area (Å²) in [4.78, 5) is 4.12. The molecule has 0 spiro atoms. The second-order valence-corrected chi connectivity index (χ2v) is 4.95. The number of halogens is 3. The van der Waals surface area contributed by atoms with E-state index >= 15 is 0 Å². The maximum atomic E-state index is 12.6. The van der Waals surface area contributed by atoms with Crippen LogP contribution in [0.25, 0.3) is 0 Å². The number of hydrogen-bond acceptors (Lipinski definition) is 5. The first kappa shape index (κ1) is 16.5. The van der Waals surface area contributed by atoms with Crippen LogP contribution in [0.4, 0.5) is 13.2 Å². The van der Waals surface area contributed by atoms with Gasteiger partial charge in [-0.05, 0) is 20.3 Å². The fourth-order valence-corrected chi connectivity index (χ4v) is 2.19. The summed E-state index contributed by atoms with van der Waals surface area (Å²) in [5, 5.41) is 7.68. The Balaban J connectivity index is 2.17. The maximum Gasteiger partial charge on any atom is 0.408 e. The van der Waals surface area contributed by atoms with Gasteiger partial charge in [-0.15, -0.1) is 0 Å². The van der Waals surface area contributed by atoms with Gasteiger partial charge in [0.2, 0.25) is 0 Å². The van der Waals surface area contributed by atoms with Crippen LogP contribution in [0.15, 0.2) is 4.52 Å². The zero-order valence-electron chi connectivity index (χ0n) is 12.6. The van der Waals surface area contributed by atoms with Crippen molar-refractivity contribution in [3.63, 3.8) is 0 Å². The van der Waals surface area contributed by atoms with E-state index in [1.165, 1.54) is 7.11 Å². The Bertz CT molecular complexity index is 614. The second-order valence-electron chi connectivity index (χ2n) is 4.95. The van der Waals surface area contributed by atoms with Crippen molar-refractivity contribution in [1.82, 2.24) is 19.9 Å². The smallest absolute Gasteiger partial charge is 0.377 e. The zero-order chi connectivity index (χ0) is 16.3. The minimum atomic E-state index is -4.35. The van der Waals surface area contributed by atoms with Crippen LogP contribution in [-0.4, -0.2) is 33.2 Å². The predicted octanol–water partition coefficient (Wildman–Crippen LogP) is 2.38. The fourth-order valence-electron chi connectivity index (χ4n) is 2.19. The van der Waals surface area contributed by atoms with Gasteiger partial charge in [0.1, 0.15) is 24.7 Å². The molecule has 0 aliphatic rings. The normalized spacial score (nSPS) is 12.1. The van der Waals surface area contributed by atoms with Gasteiger partial charge in [0, 0.05) is 19.1 Å². The molecule has 0 saturated carbocycles. The van der Waals surface area contributed by atoms with Gasteiger partial charge in [0.25, 0.3) is 0 Å². The highest BCUT2D eigenvalue weighted by molar-refractivity contribution is 5.21. The van der Waals surface area contributed by atoms with Gasteiger partial charge in [0.15, 0.2) is 5.82 Å². The molecule has 0 aromatic carbocycles. The van der Waals surface area contributed by atoms with Crippen molar-refractivity contribution in [2.75, 3.05) is 7.11 Å². The standard InChI is InChI=1S/C13H17F3N4O2/c1-8-10(9(2)22-19-8)4-5-12-17-11(6-21-3)18-20(12)7-13(14,15)16/h4-7H2,1-3H3. The number of nitrogens with zero attached hydrogens (tertiary/aromatic N) is 4. The summed E-state index contributed by atoms with van der Waals surface area (Å²) in [7, 11) is 1.44. The molecule has 0 atom stereocenters. The molecule has 0 N–H and O–H groups in total. The fraction of sp³-hybridized carbons (Fsp3) is 0.615. The van der Waals surface area contributed by atoms with Crippen LogP contribution in [0.5, 0.6) is 0 Å². The number of aryl methyl sites for hydroxylation is 3. The van der Waals surface area contributed by atoms with Crippen molar-refractivity contribution >= 4 is 0 Å². The third kappa shape index (κ3) is 4.06. The summed E-state index contributed by atoms with van der Waals surface area (Å²) in [6.07, 6.45) is -3.55. The maximum absolute atomic E-state index is 12.6. The first-order valence-electron chi connectivity index (χ1n) is 6.70. The molecule has 0 radical (unpaired) electrons. The van der Waals surface area contributed by atoms with E-state index < -0.39 is 12.7 Å². The van der Waals surface area contributed by atoms with Crippen LogP contribution in [0.3, 0.4) is 0 Å². The Hall–Kier alpha value is -1.90. The molecule has 122 valence electrons. The molecule has 2 heterocycles. The third-order valence-corrected chi connectivity index (χ3v) is 3.17. The molecule has 2 aromatic heterocycles. The van der Waals surface area contributed by atoms with E-state index in [1.54, 1.807) is 13.8 Å². The number of methoxy groups -OCH3 is 1. The minimum absolute atomic E-state index is 0.0726. The molecule has 2 rings (SSSR count). The van der Waals surface area contributed by atoms with Gasteiger partial charge in [-0.25, -0.2) is 9.67 Å². The van der Waals surface area contributed by atoms with Crippen molar-refractivity contribution in [3.8, 4) is 0 Å². The highest BCUT2D eigenvalue weighted by Crippen LogP contribution is 2.20. The SMILES string of the molecule is COCc1nc(CCc2c(C)noc2C)n(CC(F)(F)F)n1. The minimum Gasteiger partial charge on any atom is -0.377 e. The topological polar surface area (TPSA) is 66.0 Å². The van der Waals surface area contributed by atoms with Gasteiger partial charge in [-0.1, -0.05) is 5.16 Å². The average molecular weight is 318 g/mol. The molecule has 0 aliphatic heterocycles. The Morgan fingerprint density at radius 2 is 1.95 bits per heavy atom. The molecular formula is C13H17F3N4O2. The average Bonchev–Trinajstić information content (AvgIpc) is 2.91. The predicted molar refractivity (Wildman–Crippen MR) is 70.2 cm³/mol. The summed E-state index contributed by atoms with van der Waals surface area (Å²) in [5.41, 5.74) is 1.62. The molecule has 22 heavy (non-hydrogen) atoms. The van der Waals surface area contributed by atoms with Crippen molar-refractivity contribution in [2.45, 2.75) is 46.0 Å². The van der Waals surface area contributed by atoms with Crippen molar-refractivity contribution in [1.29, 1.82) is 0 Å². The quantitative estimate of drug-likeness (QED) is 0.818. The van der Waals surface area contributed by atoms with Crippen LogP contribution in [0.1, 0.15) is 28.7 Å². The van der Waals surface area contributed by atoms with Crippen molar-refractivity contribution in [3.05, 3.63) is 28.7 Å². The van der Waals surface area contributed by atoms with Crippen LogP contribution in [0, 0.1) is 13.8 Å². The lowest BCUT2D eigenvalue weighted by molar-refractivity contribution is -0.143. The summed E-state index contributed by atoms with van der Waals surface area (Å²) < 4.78 is 48.6. The van der Waals surface area contributed by atoms with Crippen molar-refractivity contribution < 1.29 is 22.4 Å². The monoisotopic (exact) mass is 318 g/mol. The summed E-state index contributed by atoms with van der Waals surface area (Å²) >= 11 is 0. The molecule has 0 saturated heterocycles. The molecule has 0 aliphatic carbocycles. The summed E-state index contributed by atoms with van der Waals surface area (Å²) in [6.45, 7) is 2.47. The molecule has 0 fully saturated rings. The van der Waals surface area contributed by atoms with Crippen LogP contribution in [0.2, 0.25) is 0 Å². The summed E-state index contributed by atoms with van der Waals surface area (Å²) in [5.74, 6) is 1.17. The molecule has 9 heteroatoms.